The molecule has 25 heavy (non-hydrogen) atoms. The molecule has 2 rings (SSSR count). The summed E-state index contributed by atoms with van der Waals surface area (Å²) >= 11 is 0. The molecule has 7 heteroatoms. The van der Waals surface area contributed by atoms with Gasteiger partial charge in [0.1, 0.15) is 12.6 Å². The zero-order valence-electron chi connectivity index (χ0n) is 13.3. The number of amides is 2. The topological polar surface area (TPSA) is 119 Å². The normalized spacial score (nSPS) is 11.4. The fourth-order valence-electron chi connectivity index (χ4n) is 2.27. The summed E-state index contributed by atoms with van der Waals surface area (Å²) in [6, 6.07) is 14.1. The molecule has 0 bridgehead atoms. The first kappa shape index (κ1) is 18.0. The van der Waals surface area contributed by atoms with Crippen LogP contribution in [0, 0.1) is 0 Å². The molecule has 7 nitrogen and oxygen atoms in total. The molecular weight excluding hydrogens is 324 g/mol. The standard InChI is InChI=1S/C18H18N2O5/c19-16(21)14-9-5-4-8-13(14)10-15(17(22)23)20-18(24)25-11-12-6-2-1-3-7-12/h1-9,15H,10-11H2,(H2,19,21)(H,20,24)(H,22,23)/t15-/m1/s1. The maximum atomic E-state index is 11.9. The monoisotopic (exact) mass is 342 g/mol. The highest BCUT2D eigenvalue weighted by Crippen LogP contribution is 2.11. The Balaban J connectivity index is 2.00. The van der Waals surface area contributed by atoms with Crippen LogP contribution in [0.15, 0.2) is 54.6 Å². The lowest BCUT2D eigenvalue weighted by Gasteiger charge is -2.16. The summed E-state index contributed by atoms with van der Waals surface area (Å²) in [6.45, 7) is 0.0247. The number of carbonyl (C=O) groups excluding carboxylic acids is 2. The fourth-order valence-corrected chi connectivity index (χ4v) is 2.27. The van der Waals surface area contributed by atoms with Crippen molar-refractivity contribution in [2.75, 3.05) is 0 Å². The largest absolute Gasteiger partial charge is 0.480 e. The van der Waals surface area contributed by atoms with Crippen molar-refractivity contribution in [1.29, 1.82) is 0 Å². The van der Waals surface area contributed by atoms with Crippen LogP contribution in [0.3, 0.4) is 0 Å². The van der Waals surface area contributed by atoms with Crippen LogP contribution in [-0.4, -0.2) is 29.1 Å². The molecule has 130 valence electrons. The number of hydrogen-bond acceptors (Lipinski definition) is 4. The van der Waals surface area contributed by atoms with E-state index in [-0.39, 0.29) is 18.6 Å². The Morgan fingerprint density at radius 1 is 1.04 bits per heavy atom. The zero-order valence-corrected chi connectivity index (χ0v) is 13.3. The SMILES string of the molecule is NC(=O)c1ccccc1C[C@@H](NC(=O)OCc1ccccc1)C(=O)O. The summed E-state index contributed by atoms with van der Waals surface area (Å²) in [7, 11) is 0. The number of aliphatic carboxylic acids is 1. The summed E-state index contributed by atoms with van der Waals surface area (Å²) in [4.78, 5) is 34.7. The van der Waals surface area contributed by atoms with E-state index in [0.717, 1.165) is 5.56 Å². The third-order valence-electron chi connectivity index (χ3n) is 3.51. The summed E-state index contributed by atoms with van der Waals surface area (Å²) in [6.07, 6.45) is -0.942. The van der Waals surface area contributed by atoms with Gasteiger partial charge in [-0.3, -0.25) is 4.79 Å². The van der Waals surface area contributed by atoms with Crippen molar-refractivity contribution < 1.29 is 24.2 Å². The second-order valence-electron chi connectivity index (χ2n) is 5.32. The van der Waals surface area contributed by atoms with E-state index in [1.54, 1.807) is 42.5 Å². The molecule has 0 aromatic heterocycles. The van der Waals surface area contributed by atoms with E-state index in [9.17, 15) is 19.5 Å². The van der Waals surface area contributed by atoms with Gasteiger partial charge in [-0.2, -0.15) is 0 Å². The van der Waals surface area contributed by atoms with E-state index in [0.29, 0.717) is 5.56 Å². The van der Waals surface area contributed by atoms with Gasteiger partial charge in [0.2, 0.25) is 5.91 Å². The minimum atomic E-state index is -1.25. The minimum absolute atomic E-state index is 0.0247. The third-order valence-corrected chi connectivity index (χ3v) is 3.51. The zero-order chi connectivity index (χ0) is 18.2. The lowest BCUT2D eigenvalue weighted by atomic mass is 10.00. The molecule has 2 aromatic carbocycles. The molecule has 0 fully saturated rings. The molecule has 0 saturated heterocycles. The summed E-state index contributed by atoms with van der Waals surface area (Å²) in [5.74, 6) is -1.90. The second-order valence-corrected chi connectivity index (χ2v) is 5.32. The molecule has 0 heterocycles. The number of carbonyl (C=O) groups is 3. The average molecular weight is 342 g/mol. The predicted octanol–water partition coefficient (Wildman–Crippen LogP) is 1.71. The van der Waals surface area contributed by atoms with Crippen molar-refractivity contribution in [3.8, 4) is 0 Å². The van der Waals surface area contributed by atoms with Crippen LogP contribution in [0.4, 0.5) is 4.79 Å². The van der Waals surface area contributed by atoms with E-state index in [1.807, 2.05) is 6.07 Å². The first-order chi connectivity index (χ1) is 12.0. The van der Waals surface area contributed by atoms with E-state index < -0.39 is 24.0 Å². The van der Waals surface area contributed by atoms with E-state index in [4.69, 9.17) is 10.5 Å². The number of carboxylic acid groups (broad SMARTS) is 1. The van der Waals surface area contributed by atoms with Crippen molar-refractivity contribution in [1.82, 2.24) is 5.32 Å². The first-order valence-corrected chi connectivity index (χ1v) is 7.55. The molecule has 0 saturated carbocycles. The van der Waals surface area contributed by atoms with Gasteiger partial charge in [-0.1, -0.05) is 48.5 Å². The molecule has 0 spiro atoms. The minimum Gasteiger partial charge on any atom is -0.480 e. The quantitative estimate of drug-likeness (QED) is 0.708. The number of hydrogen-bond donors (Lipinski definition) is 3. The molecule has 0 aliphatic rings. The number of ether oxygens (including phenoxy) is 1. The number of alkyl carbamates (subject to hydrolysis) is 1. The van der Waals surface area contributed by atoms with Gasteiger partial charge in [-0.25, -0.2) is 9.59 Å². The van der Waals surface area contributed by atoms with Gasteiger partial charge in [0, 0.05) is 12.0 Å². The number of benzene rings is 2. The van der Waals surface area contributed by atoms with Crippen LogP contribution in [0.1, 0.15) is 21.5 Å². The second kappa shape index (κ2) is 8.49. The van der Waals surface area contributed by atoms with Crippen LogP contribution >= 0.6 is 0 Å². The van der Waals surface area contributed by atoms with Gasteiger partial charge < -0.3 is 20.9 Å². The van der Waals surface area contributed by atoms with Crippen molar-refractivity contribution in [3.63, 3.8) is 0 Å². The van der Waals surface area contributed by atoms with Crippen molar-refractivity contribution in [2.45, 2.75) is 19.1 Å². The molecule has 2 aromatic rings. The maximum Gasteiger partial charge on any atom is 0.408 e. The molecular formula is C18H18N2O5. The first-order valence-electron chi connectivity index (χ1n) is 7.55. The number of carboxylic acids is 1. The lowest BCUT2D eigenvalue weighted by molar-refractivity contribution is -0.139. The Bertz CT molecular complexity index is 761. The highest BCUT2D eigenvalue weighted by atomic mass is 16.5. The van der Waals surface area contributed by atoms with Crippen molar-refractivity contribution >= 4 is 18.0 Å². The van der Waals surface area contributed by atoms with E-state index in [2.05, 4.69) is 5.32 Å². The molecule has 0 radical (unpaired) electrons. The fraction of sp³-hybridized carbons (Fsp3) is 0.167. The van der Waals surface area contributed by atoms with Crippen LogP contribution in [0.25, 0.3) is 0 Å². The summed E-state index contributed by atoms with van der Waals surface area (Å²) in [5.41, 5.74) is 6.71. The molecule has 0 aliphatic carbocycles. The summed E-state index contributed by atoms with van der Waals surface area (Å²) < 4.78 is 5.02. The lowest BCUT2D eigenvalue weighted by Crippen LogP contribution is -2.42. The smallest absolute Gasteiger partial charge is 0.408 e. The van der Waals surface area contributed by atoms with Gasteiger partial charge in [0.25, 0.3) is 0 Å². The summed E-state index contributed by atoms with van der Waals surface area (Å²) in [5, 5.41) is 11.6. The van der Waals surface area contributed by atoms with Crippen LogP contribution in [-0.2, 0) is 22.6 Å². The van der Waals surface area contributed by atoms with E-state index in [1.165, 1.54) is 6.07 Å². The van der Waals surface area contributed by atoms with Crippen molar-refractivity contribution in [2.24, 2.45) is 5.73 Å². The number of nitrogens with one attached hydrogen (secondary N) is 1. The highest BCUT2D eigenvalue weighted by Gasteiger charge is 2.23. The molecule has 0 unspecified atom stereocenters. The highest BCUT2D eigenvalue weighted by molar-refractivity contribution is 5.94. The van der Waals surface area contributed by atoms with Gasteiger partial charge in [0.05, 0.1) is 0 Å². The third kappa shape index (κ3) is 5.35. The maximum absolute atomic E-state index is 11.9. The van der Waals surface area contributed by atoms with Crippen LogP contribution in [0.5, 0.6) is 0 Å². The van der Waals surface area contributed by atoms with Crippen LogP contribution in [0.2, 0.25) is 0 Å². The Morgan fingerprint density at radius 3 is 2.32 bits per heavy atom. The van der Waals surface area contributed by atoms with Gasteiger partial charge in [-0.15, -0.1) is 0 Å². The van der Waals surface area contributed by atoms with Gasteiger partial charge in [-0.05, 0) is 17.2 Å². The van der Waals surface area contributed by atoms with E-state index >= 15 is 0 Å². The number of rotatable bonds is 7. The van der Waals surface area contributed by atoms with Gasteiger partial charge >= 0.3 is 12.1 Å². The Hall–Kier alpha value is -3.35. The molecule has 2 amide bonds. The average Bonchev–Trinajstić information content (AvgIpc) is 2.60. The molecule has 1 atom stereocenters. The Kier molecular flexibility index (Phi) is 6.11. The molecule has 4 N–H and O–H groups in total. The Labute approximate surface area is 144 Å². The number of nitrogens with two attached hydrogens (primary N) is 1. The molecule has 0 aliphatic heterocycles. The van der Waals surface area contributed by atoms with Crippen LogP contribution < -0.4 is 11.1 Å². The predicted molar refractivity (Wildman–Crippen MR) is 89.9 cm³/mol. The van der Waals surface area contributed by atoms with Crippen molar-refractivity contribution in [3.05, 3.63) is 71.3 Å². The van der Waals surface area contributed by atoms with Gasteiger partial charge in [0.15, 0.2) is 0 Å². The Morgan fingerprint density at radius 2 is 1.68 bits per heavy atom. The number of primary amides is 1.